The highest BCUT2D eigenvalue weighted by Gasteiger charge is 2.23. The molecule has 3 rings (SSSR count). The predicted molar refractivity (Wildman–Crippen MR) is 146 cm³/mol. The number of anilines is 1. The molecule has 4 N–H and O–H groups in total. The lowest BCUT2D eigenvalue weighted by atomic mass is 10.3. The minimum Gasteiger partial charge on any atom is -0.494 e. The molecule has 0 amide bonds. The fourth-order valence-corrected chi connectivity index (χ4v) is 5.79. The van der Waals surface area contributed by atoms with Gasteiger partial charge in [-0.3, -0.25) is 25.7 Å². The number of ether oxygens (including phenoxy) is 1. The van der Waals surface area contributed by atoms with E-state index in [4.69, 9.17) is 19.3 Å². The van der Waals surface area contributed by atoms with E-state index in [1.54, 1.807) is 19.3 Å². The Morgan fingerprint density at radius 1 is 1.00 bits per heavy atom. The molecular weight excluding hydrogens is 566 g/mol. The van der Waals surface area contributed by atoms with Crippen molar-refractivity contribution in [1.82, 2.24) is 20.4 Å². The molecule has 0 fully saturated rings. The molecule has 0 bridgehead atoms. The van der Waals surface area contributed by atoms with E-state index in [0.29, 0.717) is 24.5 Å². The molecule has 17 heteroatoms. The molecule has 216 valence electrons. The van der Waals surface area contributed by atoms with Crippen LogP contribution in [-0.4, -0.2) is 64.4 Å². The first-order valence-electron chi connectivity index (χ1n) is 11.7. The van der Waals surface area contributed by atoms with Crippen LogP contribution in [0.25, 0.3) is 0 Å². The van der Waals surface area contributed by atoms with Gasteiger partial charge in [-0.1, -0.05) is 19.0 Å². The lowest BCUT2D eigenvalue weighted by Crippen LogP contribution is -2.30. The van der Waals surface area contributed by atoms with E-state index in [0.717, 1.165) is 6.34 Å². The Morgan fingerprint density at radius 2 is 1.70 bits per heavy atom. The van der Waals surface area contributed by atoms with Gasteiger partial charge in [0.15, 0.2) is 11.6 Å². The SMILES string of the molecule is CCN(CC)S(=O)(=O)c1ccc(OC)c(N=CNOCc2cc(NS(=O)(=O)c3ccc(N=CNO)cc3)no2)c1. The highest BCUT2D eigenvalue weighted by molar-refractivity contribution is 7.92. The van der Waals surface area contributed by atoms with Crippen molar-refractivity contribution < 1.29 is 36.1 Å². The zero-order chi connectivity index (χ0) is 29.2. The van der Waals surface area contributed by atoms with Gasteiger partial charge in [0, 0.05) is 19.2 Å². The summed E-state index contributed by atoms with van der Waals surface area (Å²) in [6.45, 7) is 4.03. The fourth-order valence-electron chi connectivity index (χ4n) is 3.33. The van der Waals surface area contributed by atoms with E-state index in [1.807, 2.05) is 0 Å². The quantitative estimate of drug-likeness (QED) is 0.0872. The molecule has 0 unspecified atom stereocenters. The van der Waals surface area contributed by atoms with Gasteiger partial charge in [0.25, 0.3) is 10.0 Å². The summed E-state index contributed by atoms with van der Waals surface area (Å²) in [6, 6.07) is 11.3. The molecule has 0 radical (unpaired) electrons. The van der Waals surface area contributed by atoms with Gasteiger partial charge in [-0.15, -0.1) is 0 Å². The molecule has 0 spiro atoms. The number of benzene rings is 2. The zero-order valence-electron chi connectivity index (χ0n) is 21.8. The number of nitrogens with zero attached hydrogens (tertiary/aromatic N) is 4. The van der Waals surface area contributed by atoms with E-state index in [1.165, 1.54) is 66.3 Å². The van der Waals surface area contributed by atoms with Crippen LogP contribution < -0.4 is 20.4 Å². The van der Waals surface area contributed by atoms with Crippen LogP contribution in [0.2, 0.25) is 0 Å². The van der Waals surface area contributed by atoms with Crippen LogP contribution in [0, 0.1) is 0 Å². The number of nitrogens with one attached hydrogen (secondary N) is 3. The number of hydroxylamine groups is 2. The van der Waals surface area contributed by atoms with Gasteiger partial charge < -0.3 is 9.26 Å². The van der Waals surface area contributed by atoms with E-state index in [-0.39, 0.29) is 33.7 Å². The molecule has 0 atom stereocenters. The third-order valence-corrected chi connectivity index (χ3v) is 8.68. The Hall–Kier alpha value is -4.03. The van der Waals surface area contributed by atoms with Crippen LogP contribution in [0.1, 0.15) is 19.6 Å². The van der Waals surface area contributed by atoms with Crippen molar-refractivity contribution in [1.29, 1.82) is 0 Å². The molecule has 0 aliphatic heterocycles. The second-order valence-corrected chi connectivity index (χ2v) is 11.4. The molecule has 0 saturated heterocycles. The lowest BCUT2D eigenvalue weighted by Gasteiger charge is -2.19. The Kier molecular flexibility index (Phi) is 10.6. The van der Waals surface area contributed by atoms with Gasteiger partial charge in [0.1, 0.15) is 30.7 Å². The largest absolute Gasteiger partial charge is 0.494 e. The summed E-state index contributed by atoms with van der Waals surface area (Å²) in [5.74, 6) is 0.493. The second-order valence-electron chi connectivity index (χ2n) is 7.75. The van der Waals surface area contributed by atoms with Crippen molar-refractivity contribution in [2.24, 2.45) is 9.98 Å². The molecule has 0 aliphatic carbocycles. The molecule has 1 heterocycles. The molecular formula is C23H29N7O8S2. The van der Waals surface area contributed by atoms with Crippen molar-refractivity contribution in [3.05, 3.63) is 54.3 Å². The third kappa shape index (κ3) is 7.76. The number of aliphatic imine (C=N–C) groups is 2. The number of aromatic nitrogens is 1. The standard InChI is InChI=1S/C23H29N7O8S2/c1-4-30(5-2)40(34,35)20-10-11-22(36-3)21(13-20)25-16-27-37-14-18-12-23(28-38-18)29-39(32,33)19-8-6-17(7-9-19)24-15-26-31/h6-13,15-16,31H,4-5,14H2,1-3H3,(H,24,26)(H,25,27)(H,28,29). The molecule has 2 aromatic carbocycles. The third-order valence-electron chi connectivity index (χ3n) is 5.26. The fraction of sp³-hybridized carbons (Fsp3) is 0.261. The minimum absolute atomic E-state index is 0.0357. The maximum Gasteiger partial charge on any atom is 0.263 e. The van der Waals surface area contributed by atoms with E-state index in [9.17, 15) is 16.8 Å². The zero-order valence-corrected chi connectivity index (χ0v) is 23.4. The summed E-state index contributed by atoms with van der Waals surface area (Å²) >= 11 is 0. The predicted octanol–water partition coefficient (Wildman–Crippen LogP) is 2.53. The van der Waals surface area contributed by atoms with Gasteiger partial charge in [0.05, 0.1) is 22.6 Å². The van der Waals surface area contributed by atoms with Gasteiger partial charge in [-0.05, 0) is 42.5 Å². The molecule has 1 aromatic heterocycles. The average Bonchev–Trinajstić information content (AvgIpc) is 3.38. The van der Waals surface area contributed by atoms with Gasteiger partial charge >= 0.3 is 0 Å². The highest BCUT2D eigenvalue weighted by atomic mass is 32.2. The summed E-state index contributed by atoms with van der Waals surface area (Å²) in [7, 11) is -6.20. The first-order valence-corrected chi connectivity index (χ1v) is 14.7. The number of sulfonamides is 2. The first-order chi connectivity index (χ1) is 19.1. The Labute approximate surface area is 231 Å². The summed E-state index contributed by atoms with van der Waals surface area (Å²) in [4.78, 5) is 13.3. The molecule has 0 aliphatic rings. The Morgan fingerprint density at radius 3 is 2.35 bits per heavy atom. The minimum atomic E-state index is -3.95. The number of rotatable bonds is 15. The van der Waals surface area contributed by atoms with Crippen LogP contribution in [0.4, 0.5) is 17.2 Å². The monoisotopic (exact) mass is 595 g/mol. The maximum atomic E-state index is 12.8. The van der Waals surface area contributed by atoms with E-state index in [2.05, 4.69) is 25.3 Å². The van der Waals surface area contributed by atoms with Gasteiger partial charge in [0.2, 0.25) is 10.0 Å². The van der Waals surface area contributed by atoms with Crippen LogP contribution in [0.15, 0.2) is 72.8 Å². The van der Waals surface area contributed by atoms with Crippen molar-refractivity contribution in [2.75, 3.05) is 24.9 Å². The maximum absolute atomic E-state index is 12.8. The van der Waals surface area contributed by atoms with Crippen LogP contribution in [0.5, 0.6) is 5.75 Å². The summed E-state index contributed by atoms with van der Waals surface area (Å²) in [5, 5.41) is 12.2. The van der Waals surface area contributed by atoms with Crippen molar-refractivity contribution in [2.45, 2.75) is 30.2 Å². The lowest BCUT2D eigenvalue weighted by molar-refractivity contribution is 0.0588. The Bertz CT molecular complexity index is 1540. The number of hydrogen-bond acceptors (Lipinski definition) is 11. The van der Waals surface area contributed by atoms with Crippen molar-refractivity contribution in [3.63, 3.8) is 0 Å². The summed E-state index contributed by atoms with van der Waals surface area (Å²) < 4.78 is 64.8. The van der Waals surface area contributed by atoms with Gasteiger partial charge in [-0.25, -0.2) is 26.8 Å². The smallest absolute Gasteiger partial charge is 0.263 e. The second kappa shape index (κ2) is 13.9. The van der Waals surface area contributed by atoms with Gasteiger partial charge in [-0.2, -0.15) is 4.31 Å². The number of hydrogen-bond donors (Lipinski definition) is 4. The average molecular weight is 596 g/mol. The molecule has 3 aromatic rings. The summed E-state index contributed by atoms with van der Waals surface area (Å²) in [6.07, 6.45) is 2.23. The van der Waals surface area contributed by atoms with Crippen LogP contribution in [-0.2, 0) is 31.5 Å². The van der Waals surface area contributed by atoms with Crippen LogP contribution >= 0.6 is 0 Å². The molecule has 15 nitrogen and oxygen atoms in total. The molecule has 0 saturated carbocycles. The number of methoxy groups -OCH3 is 1. The molecule has 40 heavy (non-hydrogen) atoms. The normalized spacial score (nSPS) is 12.3. The van der Waals surface area contributed by atoms with Crippen LogP contribution in [0.3, 0.4) is 0 Å². The van der Waals surface area contributed by atoms with Crippen molar-refractivity contribution in [3.8, 4) is 5.75 Å². The summed E-state index contributed by atoms with van der Waals surface area (Å²) in [5.41, 5.74) is 4.91. The first kappa shape index (κ1) is 30.5. The van der Waals surface area contributed by atoms with Crippen molar-refractivity contribution >= 4 is 49.9 Å². The van der Waals surface area contributed by atoms with E-state index < -0.39 is 20.0 Å². The van der Waals surface area contributed by atoms with E-state index >= 15 is 0 Å². The Balaban J connectivity index is 1.58. The topological polar surface area (TPSA) is 197 Å². The highest BCUT2D eigenvalue weighted by Crippen LogP contribution is 2.31.